The van der Waals surface area contributed by atoms with E-state index in [1.54, 1.807) is 24.5 Å². The van der Waals surface area contributed by atoms with Crippen LogP contribution in [0.1, 0.15) is 19.4 Å². The molecule has 0 unspecified atom stereocenters. The summed E-state index contributed by atoms with van der Waals surface area (Å²) in [4.78, 5) is 28.5. The van der Waals surface area contributed by atoms with Gasteiger partial charge in [0, 0.05) is 24.6 Å². The molecule has 0 spiro atoms. The van der Waals surface area contributed by atoms with Gasteiger partial charge >= 0.3 is 0 Å². The molecule has 0 saturated carbocycles. The summed E-state index contributed by atoms with van der Waals surface area (Å²) in [6.45, 7) is 3.31. The molecule has 2 amide bonds. The van der Waals surface area contributed by atoms with E-state index in [1.165, 1.54) is 32.0 Å². The van der Waals surface area contributed by atoms with Crippen molar-refractivity contribution in [2.24, 2.45) is 5.41 Å². The number of carbonyl (C=O) groups is 2. The van der Waals surface area contributed by atoms with Crippen molar-refractivity contribution in [2.45, 2.75) is 20.4 Å². The molecular weight excluding hydrogens is 297 g/mol. The Morgan fingerprint density at radius 2 is 1.96 bits per heavy atom. The minimum Gasteiger partial charge on any atom is -0.351 e. The molecular formula is C17H18FN3O2. The summed E-state index contributed by atoms with van der Waals surface area (Å²) in [5.74, 6) is -1.39. The van der Waals surface area contributed by atoms with E-state index in [0.717, 1.165) is 5.56 Å². The number of hydrogen-bond acceptors (Lipinski definition) is 3. The molecule has 0 saturated heterocycles. The predicted molar refractivity (Wildman–Crippen MR) is 84.9 cm³/mol. The summed E-state index contributed by atoms with van der Waals surface area (Å²) >= 11 is 0. The molecule has 2 aromatic rings. The summed E-state index contributed by atoms with van der Waals surface area (Å²) in [5.41, 5.74) is -0.153. The lowest BCUT2D eigenvalue weighted by molar-refractivity contribution is -0.138. The molecule has 2 rings (SSSR count). The second-order valence-electron chi connectivity index (χ2n) is 5.63. The number of pyridine rings is 1. The van der Waals surface area contributed by atoms with Gasteiger partial charge in [0.2, 0.25) is 11.8 Å². The van der Waals surface area contributed by atoms with Crippen LogP contribution in [-0.2, 0) is 16.1 Å². The fourth-order valence-electron chi connectivity index (χ4n) is 1.86. The number of nitrogens with zero attached hydrogens (tertiary/aromatic N) is 1. The molecule has 0 aliphatic rings. The first kappa shape index (κ1) is 16.6. The van der Waals surface area contributed by atoms with Gasteiger partial charge in [-0.2, -0.15) is 0 Å². The average molecular weight is 315 g/mol. The van der Waals surface area contributed by atoms with Crippen LogP contribution in [0.4, 0.5) is 10.1 Å². The third-order valence-corrected chi connectivity index (χ3v) is 3.39. The molecule has 6 heteroatoms. The Labute approximate surface area is 133 Å². The topological polar surface area (TPSA) is 71.1 Å². The molecule has 0 bridgehead atoms. The number of hydrogen-bond donors (Lipinski definition) is 2. The zero-order valence-corrected chi connectivity index (χ0v) is 13.0. The van der Waals surface area contributed by atoms with Crippen LogP contribution >= 0.6 is 0 Å². The van der Waals surface area contributed by atoms with Gasteiger partial charge in [-0.25, -0.2) is 4.39 Å². The van der Waals surface area contributed by atoms with Crippen LogP contribution in [0.3, 0.4) is 0 Å². The molecule has 1 aromatic heterocycles. The molecule has 1 aromatic carbocycles. The lowest BCUT2D eigenvalue weighted by atomic mass is 9.91. The van der Waals surface area contributed by atoms with Gasteiger partial charge in [0.1, 0.15) is 11.2 Å². The molecule has 1 heterocycles. The van der Waals surface area contributed by atoms with E-state index in [-0.39, 0.29) is 6.54 Å². The largest absolute Gasteiger partial charge is 0.351 e. The highest BCUT2D eigenvalue weighted by Crippen LogP contribution is 2.19. The number of aromatic nitrogens is 1. The molecule has 23 heavy (non-hydrogen) atoms. The van der Waals surface area contributed by atoms with Crippen molar-refractivity contribution in [3.8, 4) is 0 Å². The number of rotatable bonds is 5. The Balaban J connectivity index is 1.98. The van der Waals surface area contributed by atoms with Crippen molar-refractivity contribution in [2.75, 3.05) is 5.32 Å². The predicted octanol–water partition coefficient (Wildman–Crippen LogP) is 2.50. The zero-order valence-electron chi connectivity index (χ0n) is 13.0. The van der Waals surface area contributed by atoms with Crippen LogP contribution in [0.25, 0.3) is 0 Å². The minimum atomic E-state index is -1.30. The van der Waals surface area contributed by atoms with Gasteiger partial charge in [0.05, 0.1) is 0 Å². The van der Waals surface area contributed by atoms with E-state index in [0.29, 0.717) is 5.69 Å². The monoisotopic (exact) mass is 315 g/mol. The molecule has 0 atom stereocenters. The van der Waals surface area contributed by atoms with Crippen molar-refractivity contribution < 1.29 is 14.0 Å². The standard InChI is InChI=1S/C17H18FN3O2/c1-17(2,15(22)20-11-12-5-4-8-19-10-12)16(23)21-14-7-3-6-13(18)9-14/h3-10H,11H2,1-2H3,(H,20,22)(H,21,23). The summed E-state index contributed by atoms with van der Waals surface area (Å²) in [6.07, 6.45) is 3.28. The highest BCUT2D eigenvalue weighted by molar-refractivity contribution is 6.09. The van der Waals surface area contributed by atoms with Gasteiger partial charge in [0.25, 0.3) is 0 Å². The Bertz CT molecular complexity index is 702. The maximum Gasteiger partial charge on any atom is 0.239 e. The van der Waals surface area contributed by atoms with Crippen LogP contribution in [0.15, 0.2) is 48.8 Å². The van der Waals surface area contributed by atoms with Crippen LogP contribution < -0.4 is 10.6 Å². The molecule has 5 nitrogen and oxygen atoms in total. The highest BCUT2D eigenvalue weighted by atomic mass is 19.1. The van der Waals surface area contributed by atoms with Crippen LogP contribution in [0.2, 0.25) is 0 Å². The average Bonchev–Trinajstić information content (AvgIpc) is 2.53. The molecule has 0 aliphatic heterocycles. The SMILES string of the molecule is CC(C)(C(=O)NCc1cccnc1)C(=O)Nc1cccc(F)c1. The highest BCUT2D eigenvalue weighted by Gasteiger charge is 2.35. The molecule has 2 N–H and O–H groups in total. The van der Waals surface area contributed by atoms with Crippen molar-refractivity contribution in [1.82, 2.24) is 10.3 Å². The summed E-state index contributed by atoms with van der Waals surface area (Å²) in [7, 11) is 0. The smallest absolute Gasteiger partial charge is 0.239 e. The molecule has 0 radical (unpaired) electrons. The number of carbonyl (C=O) groups excluding carboxylic acids is 2. The number of benzene rings is 1. The van der Waals surface area contributed by atoms with E-state index < -0.39 is 23.0 Å². The van der Waals surface area contributed by atoms with E-state index in [2.05, 4.69) is 15.6 Å². The quantitative estimate of drug-likeness (QED) is 0.833. The first-order valence-electron chi connectivity index (χ1n) is 7.14. The Morgan fingerprint density at radius 1 is 1.17 bits per heavy atom. The number of amides is 2. The van der Waals surface area contributed by atoms with Crippen molar-refractivity contribution in [1.29, 1.82) is 0 Å². The number of anilines is 1. The van der Waals surface area contributed by atoms with E-state index in [1.807, 2.05) is 6.07 Å². The van der Waals surface area contributed by atoms with Crippen molar-refractivity contribution >= 4 is 17.5 Å². The van der Waals surface area contributed by atoms with Crippen LogP contribution in [-0.4, -0.2) is 16.8 Å². The number of halogens is 1. The molecule has 120 valence electrons. The number of nitrogens with one attached hydrogen (secondary N) is 2. The summed E-state index contributed by atoms with van der Waals surface area (Å²) in [6, 6.07) is 9.12. The first-order valence-corrected chi connectivity index (χ1v) is 7.14. The second-order valence-corrected chi connectivity index (χ2v) is 5.63. The van der Waals surface area contributed by atoms with Crippen molar-refractivity contribution in [3.63, 3.8) is 0 Å². The third kappa shape index (κ3) is 4.35. The minimum absolute atomic E-state index is 0.281. The lowest BCUT2D eigenvalue weighted by Crippen LogP contribution is -2.44. The van der Waals surface area contributed by atoms with Crippen LogP contribution in [0.5, 0.6) is 0 Å². The van der Waals surface area contributed by atoms with E-state index in [9.17, 15) is 14.0 Å². The van der Waals surface area contributed by atoms with Crippen LogP contribution in [0, 0.1) is 11.2 Å². The fraction of sp³-hybridized carbons (Fsp3) is 0.235. The Morgan fingerprint density at radius 3 is 2.61 bits per heavy atom. The van der Waals surface area contributed by atoms with Gasteiger partial charge in [-0.15, -0.1) is 0 Å². The molecule has 0 fully saturated rings. The van der Waals surface area contributed by atoms with Gasteiger partial charge < -0.3 is 10.6 Å². The lowest BCUT2D eigenvalue weighted by Gasteiger charge is -2.22. The second kappa shape index (κ2) is 7.00. The van der Waals surface area contributed by atoms with E-state index in [4.69, 9.17) is 0 Å². The van der Waals surface area contributed by atoms with Gasteiger partial charge in [0.15, 0.2) is 0 Å². The maximum atomic E-state index is 13.1. The van der Waals surface area contributed by atoms with Crippen molar-refractivity contribution in [3.05, 3.63) is 60.2 Å². The van der Waals surface area contributed by atoms with Gasteiger partial charge in [-0.3, -0.25) is 14.6 Å². The normalized spacial score (nSPS) is 10.9. The first-order chi connectivity index (χ1) is 10.9. The van der Waals surface area contributed by atoms with Gasteiger partial charge in [-0.1, -0.05) is 12.1 Å². The Kier molecular flexibility index (Phi) is 5.05. The third-order valence-electron chi connectivity index (χ3n) is 3.39. The zero-order chi connectivity index (χ0) is 16.9. The fourth-order valence-corrected chi connectivity index (χ4v) is 1.86. The van der Waals surface area contributed by atoms with E-state index >= 15 is 0 Å². The molecule has 0 aliphatic carbocycles. The summed E-state index contributed by atoms with van der Waals surface area (Å²) in [5, 5.41) is 5.25. The van der Waals surface area contributed by atoms with Gasteiger partial charge in [-0.05, 0) is 43.7 Å². The summed E-state index contributed by atoms with van der Waals surface area (Å²) < 4.78 is 13.1. The Hall–Kier alpha value is -2.76. The maximum absolute atomic E-state index is 13.1.